The van der Waals surface area contributed by atoms with Crippen LogP contribution in [0.1, 0.15) is 102 Å². The zero-order chi connectivity index (χ0) is 22.9. The number of rotatable bonds is 16. The van der Waals surface area contributed by atoms with E-state index in [0.717, 1.165) is 19.3 Å². The SMILES string of the molecule is CCCCCCCCCc1ccc(OC(=O)C=CC(CCCCC)c2ccccc2)nc1. The topological polar surface area (TPSA) is 39.2 Å². The van der Waals surface area contributed by atoms with E-state index in [2.05, 4.69) is 31.0 Å². The lowest BCUT2D eigenvalue weighted by atomic mass is 9.93. The number of nitrogens with zero attached hydrogens (tertiary/aromatic N) is 1. The Hall–Kier alpha value is -2.42. The summed E-state index contributed by atoms with van der Waals surface area (Å²) in [6.07, 6.45) is 20.1. The number of unbranched alkanes of at least 4 members (excludes halogenated alkanes) is 8. The molecule has 0 radical (unpaired) electrons. The molecule has 0 fully saturated rings. The van der Waals surface area contributed by atoms with E-state index in [4.69, 9.17) is 4.74 Å². The maximum absolute atomic E-state index is 12.3. The maximum Gasteiger partial charge on any atom is 0.337 e. The summed E-state index contributed by atoms with van der Waals surface area (Å²) in [5.74, 6) is 0.228. The molecule has 0 amide bonds. The van der Waals surface area contributed by atoms with Gasteiger partial charge in [0, 0.05) is 24.3 Å². The molecule has 0 aliphatic heterocycles. The molecule has 0 aliphatic carbocycles. The smallest absolute Gasteiger partial charge is 0.337 e. The van der Waals surface area contributed by atoms with Gasteiger partial charge in [-0.1, -0.05) is 114 Å². The lowest BCUT2D eigenvalue weighted by Crippen LogP contribution is -2.06. The van der Waals surface area contributed by atoms with E-state index in [0.29, 0.717) is 5.88 Å². The summed E-state index contributed by atoms with van der Waals surface area (Å²) >= 11 is 0. The normalized spacial score (nSPS) is 12.2. The molecule has 1 unspecified atom stereocenters. The molecule has 1 atom stereocenters. The van der Waals surface area contributed by atoms with Gasteiger partial charge < -0.3 is 4.74 Å². The summed E-state index contributed by atoms with van der Waals surface area (Å²) in [6.45, 7) is 4.46. The van der Waals surface area contributed by atoms with Gasteiger partial charge in [-0.3, -0.25) is 0 Å². The van der Waals surface area contributed by atoms with Gasteiger partial charge in [-0.05, 0) is 30.4 Å². The van der Waals surface area contributed by atoms with Crippen molar-refractivity contribution in [1.29, 1.82) is 0 Å². The number of benzene rings is 1. The standard InChI is InChI=1S/C29H41NO2/c1-3-5-7-8-9-10-13-16-25-20-22-28(30-24-25)32-29(31)23-21-27(17-12-6-4-2)26-18-14-11-15-19-26/h11,14-15,18-24,27H,3-10,12-13,16-17H2,1-2H3. The zero-order valence-electron chi connectivity index (χ0n) is 20.1. The number of allylic oxidation sites excluding steroid dienone is 1. The molecule has 0 saturated carbocycles. The predicted molar refractivity (Wildman–Crippen MR) is 134 cm³/mol. The summed E-state index contributed by atoms with van der Waals surface area (Å²) in [5.41, 5.74) is 2.44. The molecule has 3 heteroatoms. The van der Waals surface area contributed by atoms with Gasteiger partial charge in [0.05, 0.1) is 0 Å². The minimum atomic E-state index is -0.367. The molecule has 0 N–H and O–H groups in total. The van der Waals surface area contributed by atoms with Gasteiger partial charge in [-0.25, -0.2) is 9.78 Å². The van der Waals surface area contributed by atoms with Crippen LogP contribution in [0.2, 0.25) is 0 Å². The van der Waals surface area contributed by atoms with Gasteiger partial charge in [0.1, 0.15) is 0 Å². The summed E-state index contributed by atoms with van der Waals surface area (Å²) in [4.78, 5) is 16.7. The maximum atomic E-state index is 12.3. The molecule has 2 aromatic rings. The number of carbonyl (C=O) groups excluding carboxylic acids is 1. The second-order valence-corrected chi connectivity index (χ2v) is 8.67. The Morgan fingerprint density at radius 2 is 1.56 bits per heavy atom. The molecular formula is C29H41NO2. The third kappa shape index (κ3) is 10.7. The van der Waals surface area contributed by atoms with Gasteiger partial charge in [0.15, 0.2) is 0 Å². The second kappa shape index (κ2) is 16.2. The lowest BCUT2D eigenvalue weighted by Gasteiger charge is -2.13. The summed E-state index contributed by atoms with van der Waals surface area (Å²) in [6, 6.07) is 14.2. The van der Waals surface area contributed by atoms with E-state index in [9.17, 15) is 4.79 Å². The Morgan fingerprint density at radius 3 is 2.25 bits per heavy atom. The van der Waals surface area contributed by atoms with E-state index >= 15 is 0 Å². The van der Waals surface area contributed by atoms with Crippen LogP contribution in [0.5, 0.6) is 5.88 Å². The zero-order valence-corrected chi connectivity index (χ0v) is 20.1. The summed E-state index contributed by atoms with van der Waals surface area (Å²) in [5, 5.41) is 0. The molecule has 1 heterocycles. The highest BCUT2D eigenvalue weighted by molar-refractivity contribution is 5.83. The Balaban J connectivity index is 1.78. The molecule has 0 bridgehead atoms. The quantitative estimate of drug-likeness (QED) is 0.151. The highest BCUT2D eigenvalue weighted by atomic mass is 16.5. The number of hydrogen-bond acceptors (Lipinski definition) is 3. The Bertz CT molecular complexity index is 768. The lowest BCUT2D eigenvalue weighted by molar-refractivity contribution is -0.129. The van der Waals surface area contributed by atoms with E-state index < -0.39 is 0 Å². The Morgan fingerprint density at radius 1 is 0.875 bits per heavy atom. The van der Waals surface area contributed by atoms with Gasteiger partial charge >= 0.3 is 5.97 Å². The minimum Gasteiger partial charge on any atom is -0.404 e. The van der Waals surface area contributed by atoms with Crippen LogP contribution in [-0.2, 0) is 11.2 Å². The van der Waals surface area contributed by atoms with Crippen LogP contribution in [-0.4, -0.2) is 11.0 Å². The van der Waals surface area contributed by atoms with Crippen LogP contribution >= 0.6 is 0 Å². The van der Waals surface area contributed by atoms with Crippen molar-refractivity contribution in [2.75, 3.05) is 0 Å². The number of hydrogen-bond donors (Lipinski definition) is 0. The van der Waals surface area contributed by atoms with Crippen molar-refractivity contribution < 1.29 is 9.53 Å². The van der Waals surface area contributed by atoms with E-state index in [-0.39, 0.29) is 11.9 Å². The fourth-order valence-electron chi connectivity index (χ4n) is 3.93. The third-order valence-electron chi connectivity index (χ3n) is 5.88. The van der Waals surface area contributed by atoms with Crippen LogP contribution in [0.3, 0.4) is 0 Å². The fourth-order valence-corrected chi connectivity index (χ4v) is 3.93. The van der Waals surface area contributed by atoms with Crippen LogP contribution in [0.15, 0.2) is 60.8 Å². The van der Waals surface area contributed by atoms with Crippen molar-refractivity contribution in [3.8, 4) is 5.88 Å². The highest BCUT2D eigenvalue weighted by Gasteiger charge is 2.09. The van der Waals surface area contributed by atoms with E-state index in [1.54, 1.807) is 12.1 Å². The van der Waals surface area contributed by atoms with Crippen LogP contribution in [0.4, 0.5) is 0 Å². The van der Waals surface area contributed by atoms with Crippen molar-refractivity contribution in [3.05, 3.63) is 71.9 Å². The molecule has 0 saturated heterocycles. The number of carbonyl (C=O) groups is 1. The fraction of sp³-hybridized carbons (Fsp3) is 0.517. The van der Waals surface area contributed by atoms with Gasteiger partial charge in [-0.2, -0.15) is 0 Å². The predicted octanol–water partition coefficient (Wildman–Crippen LogP) is 8.20. The first-order valence-corrected chi connectivity index (χ1v) is 12.6. The molecule has 32 heavy (non-hydrogen) atoms. The highest BCUT2D eigenvalue weighted by Crippen LogP contribution is 2.24. The average Bonchev–Trinajstić information content (AvgIpc) is 2.82. The third-order valence-corrected chi connectivity index (χ3v) is 5.88. The summed E-state index contributed by atoms with van der Waals surface area (Å²) in [7, 11) is 0. The monoisotopic (exact) mass is 435 g/mol. The van der Waals surface area contributed by atoms with Crippen molar-refractivity contribution >= 4 is 5.97 Å². The number of aryl methyl sites for hydroxylation is 1. The first-order valence-electron chi connectivity index (χ1n) is 12.6. The van der Waals surface area contributed by atoms with Gasteiger partial charge in [0.25, 0.3) is 0 Å². The second-order valence-electron chi connectivity index (χ2n) is 8.67. The Kier molecular flexibility index (Phi) is 13.1. The van der Waals surface area contributed by atoms with Gasteiger partial charge in [0.2, 0.25) is 5.88 Å². The van der Waals surface area contributed by atoms with Crippen LogP contribution in [0, 0.1) is 0 Å². The molecule has 3 nitrogen and oxygen atoms in total. The number of esters is 1. The first kappa shape index (κ1) is 25.8. The van der Waals surface area contributed by atoms with E-state index in [1.807, 2.05) is 36.5 Å². The van der Waals surface area contributed by atoms with Crippen LogP contribution < -0.4 is 4.74 Å². The first-order chi connectivity index (χ1) is 15.7. The average molecular weight is 436 g/mol. The number of ether oxygens (including phenoxy) is 1. The molecular weight excluding hydrogens is 394 g/mol. The summed E-state index contributed by atoms with van der Waals surface area (Å²) < 4.78 is 5.42. The molecule has 0 aliphatic rings. The molecule has 2 rings (SSSR count). The number of pyridine rings is 1. The van der Waals surface area contributed by atoms with Crippen LogP contribution in [0.25, 0.3) is 0 Å². The van der Waals surface area contributed by atoms with Crippen molar-refractivity contribution in [3.63, 3.8) is 0 Å². The van der Waals surface area contributed by atoms with Crippen molar-refractivity contribution in [2.24, 2.45) is 0 Å². The Labute approximate surface area is 195 Å². The van der Waals surface area contributed by atoms with Gasteiger partial charge in [-0.15, -0.1) is 0 Å². The molecule has 0 spiro atoms. The van der Waals surface area contributed by atoms with E-state index in [1.165, 1.54) is 68.9 Å². The number of aromatic nitrogens is 1. The molecule has 174 valence electrons. The molecule has 1 aromatic heterocycles. The molecule has 1 aromatic carbocycles. The minimum absolute atomic E-state index is 0.229. The largest absolute Gasteiger partial charge is 0.404 e. The van der Waals surface area contributed by atoms with Crippen molar-refractivity contribution in [2.45, 2.75) is 96.8 Å². The van der Waals surface area contributed by atoms with Crippen molar-refractivity contribution in [1.82, 2.24) is 4.98 Å².